The van der Waals surface area contributed by atoms with E-state index in [4.69, 9.17) is 6.42 Å². The van der Waals surface area contributed by atoms with Gasteiger partial charge in [0.25, 0.3) is 0 Å². The first-order valence-electron chi connectivity index (χ1n) is 3.06. The minimum atomic E-state index is 0.774. The van der Waals surface area contributed by atoms with Crippen LogP contribution in [0.3, 0.4) is 0 Å². The number of aliphatic imine (C=N–C) groups is 1. The predicted molar refractivity (Wildman–Crippen MR) is 49.2 cm³/mol. The van der Waals surface area contributed by atoms with Crippen molar-refractivity contribution in [1.82, 2.24) is 4.72 Å². The number of allylic oxidation sites excluding steroid dienone is 1. The molecular weight excluding hydrogens is 158 g/mol. The molecule has 0 radical (unpaired) electrons. The number of nitrogens with one attached hydrogen (secondary N) is 1. The van der Waals surface area contributed by atoms with Crippen LogP contribution >= 0.6 is 12.1 Å². The fraction of sp³-hybridized carbons (Fsp3) is 0.143. The van der Waals surface area contributed by atoms with E-state index in [0.29, 0.717) is 0 Å². The van der Waals surface area contributed by atoms with Crippen LogP contribution in [0.5, 0.6) is 0 Å². The second kappa shape index (κ2) is 4.58. The summed E-state index contributed by atoms with van der Waals surface area (Å²) in [5.41, 5.74) is 0. The molecule has 0 saturated heterocycles. The maximum Gasteiger partial charge on any atom is 0.142 e. The zero-order chi connectivity index (χ0) is 7.94. The van der Waals surface area contributed by atoms with Gasteiger partial charge in [0, 0.05) is 18.7 Å². The largest absolute Gasteiger partial charge is 0.270 e. The molecule has 0 saturated carbocycles. The maximum atomic E-state index is 4.94. The molecule has 11 heavy (non-hydrogen) atoms. The molecule has 0 aromatic heterocycles. The highest BCUT2D eigenvalue weighted by atomic mass is 32.2. The van der Waals surface area contributed by atoms with Crippen LogP contribution in [0.15, 0.2) is 21.5 Å². The van der Waals surface area contributed by atoms with Gasteiger partial charge in [-0.25, -0.2) is 4.99 Å². The Labute approximate surface area is 70.0 Å². The molecular formula is C7H7N3S. The zero-order valence-electron chi connectivity index (χ0n) is 5.82. The molecule has 0 aromatic carbocycles. The molecule has 0 aliphatic carbocycles. The quantitative estimate of drug-likeness (QED) is 0.288. The molecule has 0 unspecified atom stereocenters. The molecule has 1 rings (SSSR count). The first-order chi connectivity index (χ1) is 5.43. The predicted octanol–water partition coefficient (Wildman–Crippen LogP) is 1.16. The summed E-state index contributed by atoms with van der Waals surface area (Å²) in [7, 11) is 0. The molecule has 0 bridgehead atoms. The number of hydrogen-bond donors (Lipinski definition) is 1. The summed E-state index contributed by atoms with van der Waals surface area (Å²) in [5, 5.41) is 0. The molecule has 3 nitrogen and oxygen atoms in total. The second-order valence-electron chi connectivity index (χ2n) is 1.76. The number of hydrogen-bond acceptors (Lipinski definition) is 3. The van der Waals surface area contributed by atoms with Crippen LogP contribution in [-0.2, 0) is 0 Å². The lowest BCUT2D eigenvalue weighted by molar-refractivity contribution is 1.38. The molecule has 4 heteroatoms. The van der Waals surface area contributed by atoms with Gasteiger partial charge in [0.15, 0.2) is 0 Å². The summed E-state index contributed by atoms with van der Waals surface area (Å²) in [6.07, 6.45) is 11.3. The summed E-state index contributed by atoms with van der Waals surface area (Å²) < 4.78 is 6.56. The monoisotopic (exact) mass is 165 g/mol. The number of amidine groups is 1. The third-order valence-corrected chi connectivity index (χ3v) is 1.51. The molecule has 0 fully saturated rings. The second-order valence-corrected chi connectivity index (χ2v) is 2.32. The van der Waals surface area contributed by atoms with Gasteiger partial charge >= 0.3 is 0 Å². The van der Waals surface area contributed by atoms with Crippen molar-refractivity contribution in [2.75, 3.05) is 0 Å². The van der Waals surface area contributed by atoms with Crippen molar-refractivity contribution in [3.8, 4) is 12.5 Å². The summed E-state index contributed by atoms with van der Waals surface area (Å²) in [6.45, 7) is 0. The van der Waals surface area contributed by atoms with Gasteiger partial charge in [-0.2, -0.15) is 4.40 Å². The van der Waals surface area contributed by atoms with Crippen molar-refractivity contribution in [1.29, 1.82) is 0 Å². The Bertz CT molecular complexity index is 247. The molecule has 1 heterocycles. The SMILES string of the molecule is C#CNS/N=C1\CC=CC=N1. The lowest BCUT2D eigenvalue weighted by Gasteiger charge is -1.97. The smallest absolute Gasteiger partial charge is 0.142 e. The Hall–Kier alpha value is -1.21. The van der Waals surface area contributed by atoms with Crippen molar-refractivity contribution >= 4 is 24.2 Å². The lowest BCUT2D eigenvalue weighted by Crippen LogP contribution is -1.97. The van der Waals surface area contributed by atoms with E-state index in [0.717, 1.165) is 24.4 Å². The van der Waals surface area contributed by atoms with Crippen LogP contribution in [0.4, 0.5) is 0 Å². The molecule has 0 atom stereocenters. The number of nitrogens with zero attached hydrogens (tertiary/aromatic N) is 2. The molecule has 0 aromatic rings. The van der Waals surface area contributed by atoms with Gasteiger partial charge in [-0.05, 0) is 6.08 Å². The molecule has 56 valence electrons. The van der Waals surface area contributed by atoms with Crippen LogP contribution in [-0.4, -0.2) is 12.1 Å². The summed E-state index contributed by atoms with van der Waals surface area (Å²) in [6, 6.07) is 2.24. The first-order valence-corrected chi connectivity index (χ1v) is 3.83. The third-order valence-electron chi connectivity index (χ3n) is 1.00. The van der Waals surface area contributed by atoms with Crippen LogP contribution in [0.1, 0.15) is 6.42 Å². The van der Waals surface area contributed by atoms with E-state index in [9.17, 15) is 0 Å². The fourth-order valence-electron chi connectivity index (χ4n) is 0.579. The van der Waals surface area contributed by atoms with Gasteiger partial charge < -0.3 is 0 Å². The van der Waals surface area contributed by atoms with Gasteiger partial charge in [0.1, 0.15) is 5.84 Å². The van der Waals surface area contributed by atoms with E-state index in [-0.39, 0.29) is 0 Å². The number of terminal acetylenes is 1. The van der Waals surface area contributed by atoms with Crippen LogP contribution < -0.4 is 4.72 Å². The van der Waals surface area contributed by atoms with E-state index >= 15 is 0 Å². The van der Waals surface area contributed by atoms with E-state index in [1.165, 1.54) is 0 Å². The third kappa shape index (κ3) is 2.92. The van der Waals surface area contributed by atoms with E-state index in [1.807, 2.05) is 12.2 Å². The van der Waals surface area contributed by atoms with Crippen molar-refractivity contribution in [3.05, 3.63) is 12.2 Å². The Kier molecular flexibility index (Phi) is 3.29. The van der Waals surface area contributed by atoms with E-state index < -0.39 is 0 Å². The molecule has 1 N–H and O–H groups in total. The lowest BCUT2D eigenvalue weighted by atomic mass is 10.3. The van der Waals surface area contributed by atoms with E-state index in [1.54, 1.807) is 6.21 Å². The minimum Gasteiger partial charge on any atom is -0.270 e. The van der Waals surface area contributed by atoms with Gasteiger partial charge in [-0.15, -0.1) is 0 Å². The highest BCUT2D eigenvalue weighted by molar-refractivity contribution is 7.96. The highest BCUT2D eigenvalue weighted by Gasteiger charge is 1.94. The Morgan fingerprint density at radius 2 is 2.73 bits per heavy atom. The molecule has 0 spiro atoms. The average molecular weight is 165 g/mol. The standard InChI is InChI=1S/C7H7N3S/c1-2-9-11-10-7-5-3-4-6-8-7/h1,3-4,6,9H,5H2/b10-7+. The van der Waals surface area contributed by atoms with Gasteiger partial charge in [-0.1, -0.05) is 12.5 Å². The van der Waals surface area contributed by atoms with Gasteiger partial charge in [0.2, 0.25) is 0 Å². The summed E-state index contributed by atoms with van der Waals surface area (Å²) in [4.78, 5) is 4.01. The minimum absolute atomic E-state index is 0.774. The number of rotatable bonds is 2. The Morgan fingerprint density at radius 1 is 1.82 bits per heavy atom. The van der Waals surface area contributed by atoms with E-state index in [2.05, 4.69) is 20.2 Å². The maximum absolute atomic E-state index is 4.94. The summed E-state index contributed by atoms with van der Waals surface area (Å²) in [5.74, 6) is 0.778. The van der Waals surface area contributed by atoms with Crippen LogP contribution in [0.25, 0.3) is 0 Å². The molecule has 0 amide bonds. The summed E-state index contributed by atoms with van der Waals surface area (Å²) >= 11 is 1.11. The fourth-order valence-corrected chi connectivity index (χ4v) is 0.904. The first kappa shape index (κ1) is 7.89. The molecule has 1 aliphatic rings. The topological polar surface area (TPSA) is 36.8 Å². The zero-order valence-corrected chi connectivity index (χ0v) is 6.64. The normalized spacial score (nSPS) is 18.3. The van der Waals surface area contributed by atoms with Crippen molar-refractivity contribution in [2.24, 2.45) is 9.39 Å². The average Bonchev–Trinajstić information content (AvgIpc) is 2.07. The van der Waals surface area contributed by atoms with Crippen molar-refractivity contribution in [3.63, 3.8) is 0 Å². The van der Waals surface area contributed by atoms with Crippen molar-refractivity contribution < 1.29 is 0 Å². The molecule has 1 aliphatic heterocycles. The van der Waals surface area contributed by atoms with Crippen molar-refractivity contribution in [2.45, 2.75) is 6.42 Å². The Balaban J connectivity index is 2.36. The van der Waals surface area contributed by atoms with Crippen LogP contribution in [0.2, 0.25) is 0 Å². The van der Waals surface area contributed by atoms with Gasteiger partial charge in [0.05, 0.1) is 12.1 Å². The highest BCUT2D eigenvalue weighted by Crippen LogP contribution is 2.02. The van der Waals surface area contributed by atoms with Crippen LogP contribution in [0, 0.1) is 12.5 Å². The number of dihydropyridines is 1. The van der Waals surface area contributed by atoms with Gasteiger partial charge in [-0.3, -0.25) is 4.72 Å². The Morgan fingerprint density at radius 3 is 3.36 bits per heavy atom.